The van der Waals surface area contributed by atoms with Crippen molar-refractivity contribution in [1.82, 2.24) is 14.6 Å². The highest BCUT2D eigenvalue weighted by molar-refractivity contribution is 5.82. The van der Waals surface area contributed by atoms with Gasteiger partial charge >= 0.3 is 0 Å². The quantitative estimate of drug-likeness (QED) is 0.716. The first-order valence-electron chi connectivity index (χ1n) is 8.12. The summed E-state index contributed by atoms with van der Waals surface area (Å²) in [6.07, 6.45) is 1.85. The SMILES string of the molecule is COc1ccccc1-c1cnn2c(NCC[NH+](C)C)cc(C)nc12. The van der Waals surface area contributed by atoms with Crippen molar-refractivity contribution in [2.45, 2.75) is 6.92 Å². The van der Waals surface area contributed by atoms with Crippen LogP contribution in [0, 0.1) is 6.92 Å². The summed E-state index contributed by atoms with van der Waals surface area (Å²) in [7, 11) is 5.96. The molecule has 0 radical (unpaired) electrons. The third-order valence-corrected chi connectivity index (χ3v) is 3.93. The van der Waals surface area contributed by atoms with Gasteiger partial charge in [0.1, 0.15) is 11.6 Å². The van der Waals surface area contributed by atoms with E-state index in [0.29, 0.717) is 0 Å². The van der Waals surface area contributed by atoms with Gasteiger partial charge < -0.3 is 15.0 Å². The standard InChI is InChI=1S/C18H23N5O/c1-13-11-17(19-9-10-22(2)3)23-18(21-13)15(12-20-23)14-7-5-6-8-16(14)24-4/h5-8,11-12,19H,9-10H2,1-4H3/p+1. The van der Waals surface area contributed by atoms with Crippen molar-refractivity contribution in [3.8, 4) is 16.9 Å². The summed E-state index contributed by atoms with van der Waals surface area (Å²) in [6.45, 7) is 3.91. The number of rotatable bonds is 6. The van der Waals surface area contributed by atoms with Gasteiger partial charge in [-0.1, -0.05) is 18.2 Å². The number of nitrogens with one attached hydrogen (secondary N) is 2. The van der Waals surface area contributed by atoms with E-state index in [1.165, 1.54) is 4.90 Å². The number of methoxy groups -OCH3 is 1. The summed E-state index contributed by atoms with van der Waals surface area (Å²) < 4.78 is 7.35. The molecule has 3 aromatic rings. The zero-order chi connectivity index (χ0) is 17.1. The first-order chi connectivity index (χ1) is 11.6. The van der Waals surface area contributed by atoms with Gasteiger partial charge in [-0.15, -0.1) is 0 Å². The van der Waals surface area contributed by atoms with Gasteiger partial charge in [0.05, 0.1) is 46.1 Å². The van der Waals surface area contributed by atoms with E-state index >= 15 is 0 Å². The van der Waals surface area contributed by atoms with E-state index in [9.17, 15) is 0 Å². The van der Waals surface area contributed by atoms with Crippen LogP contribution in [-0.4, -0.2) is 48.9 Å². The molecular formula is C18H24N5O+. The van der Waals surface area contributed by atoms with Gasteiger partial charge in [-0.05, 0) is 13.0 Å². The van der Waals surface area contributed by atoms with E-state index in [1.807, 2.05) is 48.0 Å². The summed E-state index contributed by atoms with van der Waals surface area (Å²) in [5, 5.41) is 8.00. The molecule has 0 amide bonds. The number of hydrogen-bond acceptors (Lipinski definition) is 4. The highest BCUT2D eigenvalue weighted by atomic mass is 16.5. The van der Waals surface area contributed by atoms with Crippen LogP contribution in [0.1, 0.15) is 5.69 Å². The lowest BCUT2D eigenvalue weighted by Gasteiger charge is -2.12. The van der Waals surface area contributed by atoms with Gasteiger partial charge in [-0.25, -0.2) is 4.98 Å². The van der Waals surface area contributed by atoms with Crippen LogP contribution in [0.3, 0.4) is 0 Å². The van der Waals surface area contributed by atoms with E-state index in [2.05, 4.69) is 24.5 Å². The van der Waals surface area contributed by atoms with Crippen molar-refractivity contribution in [3.05, 3.63) is 42.2 Å². The van der Waals surface area contributed by atoms with Crippen LogP contribution in [0.4, 0.5) is 5.82 Å². The number of likely N-dealkylation sites (N-methyl/N-ethyl adjacent to an activating group) is 1. The number of quaternary nitrogens is 1. The number of aryl methyl sites for hydroxylation is 1. The van der Waals surface area contributed by atoms with Crippen LogP contribution < -0.4 is 15.0 Å². The molecule has 2 N–H and O–H groups in total. The van der Waals surface area contributed by atoms with E-state index < -0.39 is 0 Å². The van der Waals surface area contributed by atoms with E-state index in [4.69, 9.17) is 9.72 Å². The van der Waals surface area contributed by atoms with E-state index in [-0.39, 0.29) is 0 Å². The van der Waals surface area contributed by atoms with Crippen molar-refractivity contribution < 1.29 is 9.64 Å². The van der Waals surface area contributed by atoms with Crippen LogP contribution in [0.2, 0.25) is 0 Å². The zero-order valence-electron chi connectivity index (χ0n) is 14.6. The van der Waals surface area contributed by atoms with Crippen LogP contribution in [-0.2, 0) is 0 Å². The fourth-order valence-electron chi connectivity index (χ4n) is 2.71. The van der Waals surface area contributed by atoms with Crippen LogP contribution >= 0.6 is 0 Å². The number of fused-ring (bicyclic) bond motifs is 1. The van der Waals surface area contributed by atoms with Gasteiger partial charge in [0.15, 0.2) is 5.65 Å². The molecule has 0 aliphatic carbocycles. The second kappa shape index (κ2) is 6.88. The molecule has 24 heavy (non-hydrogen) atoms. The Hall–Kier alpha value is -2.60. The summed E-state index contributed by atoms with van der Waals surface area (Å²) in [4.78, 5) is 6.09. The minimum Gasteiger partial charge on any atom is -0.496 e. The third-order valence-electron chi connectivity index (χ3n) is 3.93. The maximum atomic E-state index is 5.49. The number of anilines is 1. The lowest BCUT2D eigenvalue weighted by molar-refractivity contribution is -0.856. The Bertz CT molecular complexity index is 841. The topological polar surface area (TPSA) is 55.9 Å². The molecule has 0 bridgehead atoms. The minimum atomic E-state index is 0.821. The van der Waals surface area contributed by atoms with Crippen LogP contribution in [0.25, 0.3) is 16.8 Å². The van der Waals surface area contributed by atoms with Gasteiger partial charge in [-0.3, -0.25) is 0 Å². The summed E-state index contributed by atoms with van der Waals surface area (Å²) >= 11 is 0. The van der Waals surface area contributed by atoms with Gasteiger partial charge in [0.2, 0.25) is 0 Å². The highest BCUT2D eigenvalue weighted by Gasteiger charge is 2.15. The average Bonchev–Trinajstić information content (AvgIpc) is 2.98. The second-order valence-electron chi connectivity index (χ2n) is 6.16. The molecule has 3 rings (SSSR count). The Kier molecular flexibility index (Phi) is 4.66. The molecule has 2 heterocycles. The van der Waals surface area contributed by atoms with Gasteiger partial charge in [0, 0.05) is 17.3 Å². The maximum absolute atomic E-state index is 5.49. The largest absolute Gasteiger partial charge is 0.496 e. The van der Waals surface area contributed by atoms with Crippen LogP contribution in [0.5, 0.6) is 5.75 Å². The number of para-hydroxylation sites is 1. The molecule has 1 aromatic carbocycles. The normalized spacial score (nSPS) is 11.2. The number of aromatic nitrogens is 3. The highest BCUT2D eigenvalue weighted by Crippen LogP contribution is 2.32. The van der Waals surface area contributed by atoms with Crippen molar-refractivity contribution >= 4 is 11.5 Å². The first-order valence-corrected chi connectivity index (χ1v) is 8.12. The zero-order valence-corrected chi connectivity index (χ0v) is 14.6. The molecule has 126 valence electrons. The first kappa shape index (κ1) is 16.3. The van der Waals surface area contributed by atoms with Crippen molar-refractivity contribution in [2.75, 3.05) is 39.6 Å². The summed E-state index contributed by atoms with van der Waals surface area (Å²) in [5.41, 5.74) is 3.76. The second-order valence-corrected chi connectivity index (χ2v) is 6.16. The Labute approximate surface area is 142 Å². The van der Waals surface area contributed by atoms with E-state index in [0.717, 1.165) is 47.1 Å². The number of nitrogens with zero attached hydrogens (tertiary/aromatic N) is 3. The molecule has 6 nitrogen and oxygen atoms in total. The maximum Gasteiger partial charge on any atom is 0.165 e. The predicted octanol–water partition coefficient (Wildman–Crippen LogP) is 1.27. The molecular weight excluding hydrogens is 302 g/mol. The molecule has 0 saturated carbocycles. The molecule has 0 aliphatic rings. The molecule has 0 saturated heterocycles. The van der Waals surface area contributed by atoms with Crippen LogP contribution in [0.15, 0.2) is 36.5 Å². The monoisotopic (exact) mass is 326 g/mol. The Morgan fingerprint density at radius 3 is 2.75 bits per heavy atom. The average molecular weight is 326 g/mol. The summed E-state index contributed by atoms with van der Waals surface area (Å²) in [6, 6.07) is 9.96. The fraction of sp³-hybridized carbons (Fsp3) is 0.333. The molecule has 0 spiro atoms. The fourth-order valence-corrected chi connectivity index (χ4v) is 2.71. The molecule has 0 aliphatic heterocycles. The number of ether oxygens (including phenoxy) is 1. The molecule has 6 heteroatoms. The molecule has 0 unspecified atom stereocenters. The lowest BCUT2D eigenvalue weighted by atomic mass is 10.1. The van der Waals surface area contributed by atoms with E-state index in [1.54, 1.807) is 7.11 Å². The third kappa shape index (κ3) is 3.19. The predicted molar refractivity (Wildman–Crippen MR) is 95.9 cm³/mol. The lowest BCUT2D eigenvalue weighted by Crippen LogP contribution is -3.06. The van der Waals surface area contributed by atoms with Crippen molar-refractivity contribution in [3.63, 3.8) is 0 Å². The Morgan fingerprint density at radius 1 is 1.21 bits per heavy atom. The van der Waals surface area contributed by atoms with Gasteiger partial charge in [0.25, 0.3) is 0 Å². The van der Waals surface area contributed by atoms with Crippen molar-refractivity contribution in [1.29, 1.82) is 0 Å². The smallest absolute Gasteiger partial charge is 0.165 e. The molecule has 0 atom stereocenters. The molecule has 0 fully saturated rings. The summed E-state index contributed by atoms with van der Waals surface area (Å²) in [5.74, 6) is 1.78. The van der Waals surface area contributed by atoms with Gasteiger partial charge in [-0.2, -0.15) is 9.61 Å². The molecule has 2 aromatic heterocycles. The number of benzene rings is 1. The Morgan fingerprint density at radius 2 is 2.00 bits per heavy atom. The van der Waals surface area contributed by atoms with Crippen molar-refractivity contribution in [2.24, 2.45) is 0 Å². The Balaban J connectivity index is 2.04. The number of hydrogen-bond donors (Lipinski definition) is 2. The minimum absolute atomic E-state index is 0.821.